The summed E-state index contributed by atoms with van der Waals surface area (Å²) < 4.78 is 0. The maximum absolute atomic E-state index is 12.6. The van der Waals surface area contributed by atoms with Gasteiger partial charge in [0.15, 0.2) is 0 Å². The van der Waals surface area contributed by atoms with Crippen LogP contribution in [0.2, 0.25) is 20.1 Å². The average Bonchev–Trinajstić information content (AvgIpc) is 2.62. The molecule has 1 atom stereocenters. The number of rotatable bonds is 4. The number of piperidine rings is 1. The van der Waals surface area contributed by atoms with Crippen molar-refractivity contribution in [1.29, 1.82) is 0 Å². The number of benzene rings is 2. The van der Waals surface area contributed by atoms with Crippen LogP contribution in [0.25, 0.3) is 0 Å². The highest BCUT2D eigenvalue weighted by Gasteiger charge is 2.26. The lowest BCUT2D eigenvalue weighted by atomic mass is 9.96. The van der Waals surface area contributed by atoms with Gasteiger partial charge < -0.3 is 5.32 Å². The second kappa shape index (κ2) is 8.81. The molecule has 1 aliphatic heterocycles. The van der Waals surface area contributed by atoms with Crippen molar-refractivity contribution in [3.63, 3.8) is 0 Å². The van der Waals surface area contributed by atoms with Crippen LogP contribution in [0.3, 0.4) is 0 Å². The second-order valence-corrected chi connectivity index (χ2v) is 8.02. The zero-order valence-corrected chi connectivity index (χ0v) is 17.0. The summed E-state index contributed by atoms with van der Waals surface area (Å²) >= 11 is 24.5. The minimum atomic E-state index is -0.0977. The van der Waals surface area contributed by atoms with Crippen molar-refractivity contribution in [1.82, 2.24) is 4.90 Å². The molecule has 138 valence electrons. The molecule has 1 saturated heterocycles. The maximum atomic E-state index is 12.6. The van der Waals surface area contributed by atoms with Crippen molar-refractivity contribution in [2.75, 3.05) is 18.4 Å². The Labute approximate surface area is 173 Å². The van der Waals surface area contributed by atoms with E-state index in [1.54, 1.807) is 18.2 Å². The third-order valence-corrected chi connectivity index (χ3v) is 5.95. The molecule has 1 amide bonds. The normalized spacial score (nSPS) is 17.9. The fourth-order valence-corrected chi connectivity index (χ4v) is 3.95. The van der Waals surface area contributed by atoms with E-state index in [9.17, 15) is 4.79 Å². The summed E-state index contributed by atoms with van der Waals surface area (Å²) in [6, 6.07) is 10.6. The van der Waals surface area contributed by atoms with Crippen molar-refractivity contribution >= 4 is 58.0 Å². The summed E-state index contributed by atoms with van der Waals surface area (Å²) in [6.07, 6.45) is 1.79. The predicted molar refractivity (Wildman–Crippen MR) is 110 cm³/mol. The van der Waals surface area contributed by atoms with E-state index in [1.807, 2.05) is 18.2 Å². The molecule has 0 aromatic heterocycles. The molecule has 0 bridgehead atoms. The number of carbonyl (C=O) groups is 1. The van der Waals surface area contributed by atoms with Crippen molar-refractivity contribution in [3.8, 4) is 0 Å². The number of nitrogens with one attached hydrogen (secondary N) is 1. The molecule has 0 radical (unpaired) electrons. The Bertz CT molecular complexity index is 792. The van der Waals surface area contributed by atoms with Crippen molar-refractivity contribution in [3.05, 3.63) is 62.1 Å². The minimum Gasteiger partial charge on any atom is -0.326 e. The Hall–Kier alpha value is -0.970. The van der Waals surface area contributed by atoms with E-state index in [0.717, 1.165) is 24.9 Å². The van der Waals surface area contributed by atoms with E-state index in [4.69, 9.17) is 46.4 Å². The first-order valence-electron chi connectivity index (χ1n) is 8.35. The molecule has 1 N–H and O–H groups in total. The van der Waals surface area contributed by atoms with Gasteiger partial charge >= 0.3 is 0 Å². The van der Waals surface area contributed by atoms with E-state index in [2.05, 4.69) is 10.2 Å². The Kier molecular flexibility index (Phi) is 6.70. The first-order valence-corrected chi connectivity index (χ1v) is 9.86. The molecule has 1 fully saturated rings. The van der Waals surface area contributed by atoms with Crippen LogP contribution in [0.15, 0.2) is 36.4 Å². The molecule has 1 unspecified atom stereocenters. The number of hydrogen-bond donors (Lipinski definition) is 1. The van der Waals surface area contributed by atoms with Gasteiger partial charge in [0.2, 0.25) is 5.91 Å². The predicted octanol–water partition coefficient (Wildman–Crippen LogP) is 6.15. The van der Waals surface area contributed by atoms with Gasteiger partial charge in [0.05, 0.1) is 16.0 Å². The molecule has 1 aliphatic rings. The third-order valence-electron chi connectivity index (χ3n) is 4.51. The monoisotopic (exact) mass is 430 g/mol. The van der Waals surface area contributed by atoms with Gasteiger partial charge in [0.1, 0.15) is 0 Å². The van der Waals surface area contributed by atoms with E-state index in [1.165, 1.54) is 0 Å². The lowest BCUT2D eigenvalue weighted by Gasteiger charge is -2.32. The van der Waals surface area contributed by atoms with Crippen molar-refractivity contribution < 1.29 is 4.79 Å². The topological polar surface area (TPSA) is 32.3 Å². The van der Waals surface area contributed by atoms with Crippen molar-refractivity contribution in [2.45, 2.75) is 19.4 Å². The fourth-order valence-electron chi connectivity index (χ4n) is 3.14. The number of nitrogens with zero attached hydrogens (tertiary/aromatic N) is 1. The highest BCUT2D eigenvalue weighted by molar-refractivity contribution is 6.42. The Morgan fingerprint density at radius 1 is 1.04 bits per heavy atom. The van der Waals surface area contributed by atoms with Crippen LogP contribution in [-0.4, -0.2) is 23.9 Å². The highest BCUT2D eigenvalue weighted by Crippen LogP contribution is 2.29. The summed E-state index contributed by atoms with van der Waals surface area (Å²) in [7, 11) is 0. The number of amides is 1. The molecule has 2 aromatic rings. The molecular formula is C19H18Cl4N2O. The van der Waals surface area contributed by atoms with Crippen LogP contribution in [0, 0.1) is 5.92 Å². The molecule has 2 aromatic carbocycles. The molecule has 7 heteroatoms. The summed E-state index contributed by atoms with van der Waals surface area (Å²) in [5.74, 6) is -0.113. The summed E-state index contributed by atoms with van der Waals surface area (Å²) in [6.45, 7) is 2.21. The van der Waals surface area contributed by atoms with Crippen LogP contribution in [0.1, 0.15) is 18.4 Å². The van der Waals surface area contributed by atoms with Gasteiger partial charge in [-0.2, -0.15) is 0 Å². The lowest BCUT2D eigenvalue weighted by molar-refractivity contribution is -0.121. The SMILES string of the molecule is O=C(Nc1ccc(Cl)c(Cl)c1)C1CCCN(Cc2c(Cl)cccc2Cl)C1. The van der Waals surface area contributed by atoms with E-state index >= 15 is 0 Å². The average molecular weight is 432 g/mol. The van der Waals surface area contributed by atoms with Gasteiger partial charge in [-0.3, -0.25) is 9.69 Å². The van der Waals surface area contributed by atoms with Gasteiger partial charge in [0, 0.05) is 34.4 Å². The van der Waals surface area contributed by atoms with Crippen LogP contribution in [0.4, 0.5) is 5.69 Å². The number of hydrogen-bond acceptors (Lipinski definition) is 2. The largest absolute Gasteiger partial charge is 0.326 e. The van der Waals surface area contributed by atoms with E-state index in [0.29, 0.717) is 38.9 Å². The van der Waals surface area contributed by atoms with Gasteiger partial charge in [0.25, 0.3) is 0 Å². The van der Waals surface area contributed by atoms with Crippen LogP contribution < -0.4 is 5.32 Å². The summed E-state index contributed by atoms with van der Waals surface area (Å²) in [5.41, 5.74) is 1.55. The molecule has 0 spiro atoms. The Morgan fingerprint density at radius 3 is 2.46 bits per heavy atom. The molecule has 3 rings (SSSR count). The highest BCUT2D eigenvalue weighted by atomic mass is 35.5. The van der Waals surface area contributed by atoms with Gasteiger partial charge in [-0.05, 0) is 49.7 Å². The van der Waals surface area contributed by atoms with E-state index < -0.39 is 0 Å². The Balaban J connectivity index is 1.64. The Morgan fingerprint density at radius 2 is 1.77 bits per heavy atom. The molecule has 26 heavy (non-hydrogen) atoms. The number of anilines is 1. The van der Waals surface area contributed by atoms with Gasteiger partial charge in [-0.1, -0.05) is 52.5 Å². The van der Waals surface area contributed by atoms with Crippen LogP contribution in [-0.2, 0) is 11.3 Å². The third kappa shape index (κ3) is 4.85. The number of likely N-dealkylation sites (tertiary alicyclic amines) is 1. The summed E-state index contributed by atoms with van der Waals surface area (Å²) in [5, 5.41) is 5.11. The number of carbonyl (C=O) groups excluding carboxylic acids is 1. The zero-order valence-electron chi connectivity index (χ0n) is 13.9. The minimum absolute atomic E-state index is 0.0154. The molecule has 1 heterocycles. The van der Waals surface area contributed by atoms with Gasteiger partial charge in [-0.25, -0.2) is 0 Å². The first-order chi connectivity index (χ1) is 12.4. The van der Waals surface area contributed by atoms with Crippen LogP contribution >= 0.6 is 46.4 Å². The molecular weight excluding hydrogens is 414 g/mol. The first kappa shape index (κ1) is 19.8. The summed E-state index contributed by atoms with van der Waals surface area (Å²) in [4.78, 5) is 14.8. The second-order valence-electron chi connectivity index (χ2n) is 6.39. The quantitative estimate of drug-likeness (QED) is 0.629. The zero-order chi connectivity index (χ0) is 18.7. The van der Waals surface area contributed by atoms with Crippen LogP contribution in [0.5, 0.6) is 0 Å². The fraction of sp³-hybridized carbons (Fsp3) is 0.316. The molecule has 0 aliphatic carbocycles. The van der Waals surface area contributed by atoms with E-state index in [-0.39, 0.29) is 11.8 Å². The lowest BCUT2D eigenvalue weighted by Crippen LogP contribution is -2.40. The molecule has 0 saturated carbocycles. The smallest absolute Gasteiger partial charge is 0.228 e. The standard InChI is InChI=1S/C19H18Cl4N2O/c20-15-4-1-5-16(21)14(15)11-25-8-2-3-12(10-25)19(26)24-13-6-7-17(22)18(23)9-13/h1,4-7,9,12H,2-3,8,10-11H2,(H,24,26). The van der Waals surface area contributed by atoms with Gasteiger partial charge in [-0.15, -0.1) is 0 Å². The maximum Gasteiger partial charge on any atom is 0.228 e. The van der Waals surface area contributed by atoms with Crippen molar-refractivity contribution in [2.24, 2.45) is 5.92 Å². The number of halogens is 4. The molecule has 3 nitrogen and oxygen atoms in total.